The molecule has 2 aromatic rings. The van der Waals surface area contributed by atoms with Crippen LogP contribution < -0.4 is 4.72 Å². The maximum Gasteiger partial charge on any atom is 0.335 e. The molecule has 0 unspecified atom stereocenters. The summed E-state index contributed by atoms with van der Waals surface area (Å²) in [7, 11) is -2.73. The number of nitrogens with one attached hydrogen (secondary N) is 1. The highest BCUT2D eigenvalue weighted by molar-refractivity contribution is 7.84. The number of fused-ring (bicyclic) bond motifs is 1. The summed E-state index contributed by atoms with van der Waals surface area (Å²) < 4.78 is 31.5. The third-order valence-electron chi connectivity index (χ3n) is 3.79. The summed E-state index contributed by atoms with van der Waals surface area (Å²) in [6, 6.07) is 1.30. The number of aromatic nitrogens is 3. The van der Waals surface area contributed by atoms with Crippen LogP contribution in [0.4, 0.5) is 0 Å². The molecule has 8 nitrogen and oxygen atoms in total. The van der Waals surface area contributed by atoms with Crippen molar-refractivity contribution in [3.05, 3.63) is 24.8 Å². The normalized spacial score (nSPS) is 26.5. The molecule has 114 valence electrons. The molecule has 0 aliphatic heterocycles. The molecule has 1 saturated carbocycles. The summed E-state index contributed by atoms with van der Waals surface area (Å²) >= 11 is 0. The summed E-state index contributed by atoms with van der Waals surface area (Å²) in [5, 5.41) is 11.0. The predicted octanol–water partition coefficient (Wildman–Crippen LogP) is -0.0235. The van der Waals surface area contributed by atoms with E-state index in [1.165, 1.54) is 6.33 Å². The highest BCUT2D eigenvalue weighted by Gasteiger charge is 2.36. The molecule has 0 radical (unpaired) electrons. The fourth-order valence-corrected chi connectivity index (χ4v) is 3.49. The minimum atomic E-state index is -3.82. The average Bonchev–Trinajstić information content (AvgIpc) is 3.03. The summed E-state index contributed by atoms with van der Waals surface area (Å²) in [6.07, 6.45) is 5.22. The van der Waals surface area contributed by atoms with Gasteiger partial charge in [0.15, 0.2) is 0 Å². The molecule has 0 amide bonds. The fourth-order valence-electron chi connectivity index (χ4n) is 2.77. The number of hydrogen-bond acceptors (Lipinski definition) is 6. The molecular weight excluding hydrogens is 296 g/mol. The van der Waals surface area contributed by atoms with Gasteiger partial charge in [0, 0.05) is 23.8 Å². The molecule has 0 spiro atoms. The van der Waals surface area contributed by atoms with Crippen molar-refractivity contribution in [2.75, 3.05) is 7.11 Å². The van der Waals surface area contributed by atoms with Crippen LogP contribution in [0, 0.1) is 0 Å². The van der Waals surface area contributed by atoms with Crippen molar-refractivity contribution in [1.29, 1.82) is 0 Å². The number of aliphatic hydroxyl groups excluding tert-OH is 1. The number of nitrogens with zero attached hydrogens (tertiary/aromatic N) is 3. The number of hydrogen-bond donors (Lipinski definition) is 2. The van der Waals surface area contributed by atoms with Gasteiger partial charge in [0.05, 0.1) is 19.3 Å². The fraction of sp³-hybridized carbons (Fsp3) is 0.500. The summed E-state index contributed by atoms with van der Waals surface area (Å²) in [4.78, 5) is 8.19. The molecule has 21 heavy (non-hydrogen) atoms. The van der Waals surface area contributed by atoms with E-state index < -0.39 is 22.4 Å². The van der Waals surface area contributed by atoms with Gasteiger partial charge in [-0.2, -0.15) is 13.1 Å². The van der Waals surface area contributed by atoms with Crippen LogP contribution in [0.15, 0.2) is 24.8 Å². The number of aliphatic hydroxyl groups is 1. The van der Waals surface area contributed by atoms with E-state index in [-0.39, 0.29) is 6.04 Å². The molecule has 2 heterocycles. The quantitative estimate of drug-likeness (QED) is 0.821. The molecule has 2 aromatic heterocycles. The van der Waals surface area contributed by atoms with Crippen molar-refractivity contribution in [2.45, 2.75) is 31.0 Å². The summed E-state index contributed by atoms with van der Waals surface area (Å²) in [5.74, 6) is 0. The molecule has 9 heteroatoms. The van der Waals surface area contributed by atoms with Gasteiger partial charge in [-0.25, -0.2) is 9.97 Å². The van der Waals surface area contributed by atoms with E-state index in [2.05, 4.69) is 18.9 Å². The smallest absolute Gasteiger partial charge is 0.335 e. The first-order valence-electron chi connectivity index (χ1n) is 6.52. The van der Waals surface area contributed by atoms with Gasteiger partial charge >= 0.3 is 10.3 Å². The van der Waals surface area contributed by atoms with Gasteiger partial charge in [0.1, 0.15) is 12.0 Å². The number of rotatable bonds is 4. The Labute approximate surface area is 122 Å². The van der Waals surface area contributed by atoms with E-state index in [0.717, 1.165) is 18.1 Å². The van der Waals surface area contributed by atoms with Gasteiger partial charge in [-0.3, -0.25) is 4.18 Å². The Morgan fingerprint density at radius 1 is 1.48 bits per heavy atom. The molecular formula is C12H16N4O4S. The van der Waals surface area contributed by atoms with E-state index in [1.807, 2.05) is 16.8 Å². The van der Waals surface area contributed by atoms with Gasteiger partial charge in [-0.1, -0.05) is 0 Å². The van der Waals surface area contributed by atoms with Crippen LogP contribution in [0.2, 0.25) is 0 Å². The maximum absolute atomic E-state index is 11.4. The lowest BCUT2D eigenvalue weighted by Crippen LogP contribution is -2.40. The Kier molecular flexibility index (Phi) is 3.66. The molecule has 1 aliphatic carbocycles. The van der Waals surface area contributed by atoms with E-state index in [9.17, 15) is 13.5 Å². The summed E-state index contributed by atoms with van der Waals surface area (Å²) in [6.45, 7) is 0. The van der Waals surface area contributed by atoms with E-state index in [1.54, 1.807) is 6.20 Å². The topological polar surface area (TPSA) is 106 Å². The first-order valence-corrected chi connectivity index (χ1v) is 7.93. The Balaban J connectivity index is 1.83. The second-order valence-electron chi connectivity index (χ2n) is 5.06. The van der Waals surface area contributed by atoms with Crippen molar-refractivity contribution in [3.8, 4) is 0 Å². The Bertz CT molecular complexity index is 745. The van der Waals surface area contributed by atoms with Gasteiger partial charge < -0.3 is 9.67 Å². The zero-order valence-corrected chi connectivity index (χ0v) is 12.2. The second kappa shape index (κ2) is 5.34. The third-order valence-corrected chi connectivity index (χ3v) is 4.82. The SMILES string of the molecule is COS(=O)(=O)N[C@H]1C[C@@H](n2ccc3cncnc32)C[C@@H]1O. The predicted molar refractivity (Wildman–Crippen MR) is 74.7 cm³/mol. The molecule has 3 atom stereocenters. The maximum atomic E-state index is 11.4. The van der Waals surface area contributed by atoms with Crippen molar-refractivity contribution < 1.29 is 17.7 Å². The Morgan fingerprint density at radius 2 is 2.29 bits per heavy atom. The van der Waals surface area contributed by atoms with Crippen LogP contribution in [0.25, 0.3) is 11.0 Å². The van der Waals surface area contributed by atoms with Gasteiger partial charge in [0.25, 0.3) is 0 Å². The van der Waals surface area contributed by atoms with E-state index in [4.69, 9.17) is 0 Å². The minimum absolute atomic E-state index is 0.0306. The minimum Gasteiger partial charge on any atom is -0.391 e. The van der Waals surface area contributed by atoms with E-state index >= 15 is 0 Å². The zero-order chi connectivity index (χ0) is 15.0. The van der Waals surface area contributed by atoms with Crippen LogP contribution >= 0.6 is 0 Å². The lowest BCUT2D eigenvalue weighted by atomic mass is 10.2. The molecule has 1 fully saturated rings. The molecule has 0 saturated heterocycles. The monoisotopic (exact) mass is 312 g/mol. The first-order chi connectivity index (χ1) is 10.00. The molecule has 0 aromatic carbocycles. The van der Waals surface area contributed by atoms with Crippen LogP contribution in [0.5, 0.6) is 0 Å². The largest absolute Gasteiger partial charge is 0.391 e. The molecule has 2 N–H and O–H groups in total. The van der Waals surface area contributed by atoms with Crippen LogP contribution in [0.3, 0.4) is 0 Å². The third kappa shape index (κ3) is 2.77. The standard InChI is InChI=1S/C12H16N4O4S/c1-20-21(18,19)15-10-4-9(5-11(10)17)16-3-2-8-6-13-7-14-12(8)16/h2-3,6-7,9-11,15,17H,4-5H2,1H3/t9-,10+,11+/m1/s1. The highest BCUT2D eigenvalue weighted by Crippen LogP contribution is 2.33. The van der Waals surface area contributed by atoms with E-state index in [0.29, 0.717) is 12.8 Å². The lowest BCUT2D eigenvalue weighted by Gasteiger charge is -2.15. The molecule has 0 bridgehead atoms. The van der Waals surface area contributed by atoms with Crippen molar-refractivity contribution in [2.24, 2.45) is 0 Å². The van der Waals surface area contributed by atoms with Crippen LogP contribution in [-0.2, 0) is 14.5 Å². The first kappa shape index (κ1) is 14.4. The van der Waals surface area contributed by atoms with Crippen molar-refractivity contribution in [3.63, 3.8) is 0 Å². The lowest BCUT2D eigenvalue weighted by molar-refractivity contribution is 0.154. The average molecular weight is 312 g/mol. The molecule has 3 rings (SSSR count). The van der Waals surface area contributed by atoms with Gasteiger partial charge in [0.2, 0.25) is 0 Å². The Hall–Kier alpha value is -1.55. The van der Waals surface area contributed by atoms with Crippen LogP contribution in [0.1, 0.15) is 18.9 Å². The van der Waals surface area contributed by atoms with Crippen LogP contribution in [-0.4, -0.2) is 47.3 Å². The Morgan fingerprint density at radius 3 is 3.05 bits per heavy atom. The second-order valence-corrected chi connectivity index (χ2v) is 6.54. The van der Waals surface area contributed by atoms with Crippen molar-refractivity contribution in [1.82, 2.24) is 19.3 Å². The van der Waals surface area contributed by atoms with Gasteiger partial charge in [-0.15, -0.1) is 0 Å². The van der Waals surface area contributed by atoms with Gasteiger partial charge in [-0.05, 0) is 18.9 Å². The zero-order valence-electron chi connectivity index (χ0n) is 11.4. The highest BCUT2D eigenvalue weighted by atomic mass is 32.2. The summed E-state index contributed by atoms with van der Waals surface area (Å²) in [5.41, 5.74) is 0.775. The molecule has 1 aliphatic rings. The van der Waals surface area contributed by atoms with Crippen molar-refractivity contribution >= 4 is 21.3 Å².